The molecule has 376 valence electrons. The summed E-state index contributed by atoms with van der Waals surface area (Å²) in [6.45, 7) is 1.43. The second kappa shape index (κ2) is 21.2. The Morgan fingerprint density at radius 1 is 0.611 bits per heavy atom. The van der Waals surface area contributed by atoms with E-state index in [1.165, 1.54) is 51.8 Å². The summed E-state index contributed by atoms with van der Waals surface area (Å²) < 4.78 is 81.7. The summed E-state index contributed by atoms with van der Waals surface area (Å²) in [5.41, 5.74) is 7.19. The summed E-state index contributed by atoms with van der Waals surface area (Å²) in [7, 11) is -7.22. The van der Waals surface area contributed by atoms with Crippen molar-refractivity contribution in [3.63, 3.8) is 0 Å². The van der Waals surface area contributed by atoms with E-state index in [0.29, 0.717) is 91.6 Å². The number of halogens is 6. The standard InChI is InChI=1S/C25H23Cl2FN4O3S.C25H22Cl2FN3O4S/c26-18-6-9-22(21(27)13-18)32-24-17(12-16-4-7-19(28)8-5-16)14-36(34,35)15-20(24)23(29-32)25(33)30-31-10-2-1-3-11-31;26-16-6-9-21(19(27)11-16)31-24-15(10-14-4-7-17(28)8-5-14)12-36(34,35)13-18(24)23(30-31)25(33)29-20-2-1-3-22(20)32/h4-9,12-13H,1-3,10-11,14-15H2,(H,30,33);4-11,20,22,32H,1-3,12-13H2,(H,29,33)/b17-12+;15-10+/t;20-,22-/m.1/s1. The minimum absolute atomic E-state index is 0.0230. The van der Waals surface area contributed by atoms with Crippen molar-refractivity contribution < 1.29 is 40.3 Å². The van der Waals surface area contributed by atoms with Crippen LogP contribution in [0.3, 0.4) is 0 Å². The smallest absolute Gasteiger partial charge is 0.286 e. The Kier molecular flexibility index (Phi) is 15.1. The molecular weight excluding hydrogens is 1050 g/mol. The highest BCUT2D eigenvalue weighted by atomic mass is 35.5. The van der Waals surface area contributed by atoms with Crippen LogP contribution < -0.4 is 10.7 Å². The van der Waals surface area contributed by atoms with Crippen LogP contribution in [0, 0.1) is 11.6 Å². The summed E-state index contributed by atoms with van der Waals surface area (Å²) in [6.07, 6.45) is 7.64. The molecule has 6 aromatic rings. The van der Waals surface area contributed by atoms with Crippen molar-refractivity contribution in [3.8, 4) is 11.4 Å². The molecule has 10 rings (SSSR count). The van der Waals surface area contributed by atoms with Crippen LogP contribution in [-0.4, -0.2) is 95.1 Å². The van der Waals surface area contributed by atoms with Crippen LogP contribution in [0.25, 0.3) is 34.7 Å². The molecule has 72 heavy (non-hydrogen) atoms. The lowest BCUT2D eigenvalue weighted by molar-refractivity contribution is 0.0743. The maximum absolute atomic E-state index is 13.5. The summed E-state index contributed by atoms with van der Waals surface area (Å²) in [4.78, 5) is 26.7. The lowest BCUT2D eigenvalue weighted by Crippen LogP contribution is -2.45. The fraction of sp³-hybridized carbons (Fsp3) is 0.280. The number of hydrogen-bond acceptors (Lipinski definition) is 10. The van der Waals surface area contributed by atoms with Gasteiger partial charge >= 0.3 is 0 Å². The van der Waals surface area contributed by atoms with Crippen molar-refractivity contribution in [2.75, 3.05) is 24.6 Å². The molecule has 3 N–H and O–H groups in total. The van der Waals surface area contributed by atoms with E-state index in [1.54, 1.807) is 54.6 Å². The minimum atomic E-state index is -3.63. The fourth-order valence-electron chi connectivity index (χ4n) is 9.29. The third-order valence-electron chi connectivity index (χ3n) is 12.6. The highest BCUT2D eigenvalue weighted by Crippen LogP contribution is 2.39. The first kappa shape index (κ1) is 51.5. The third-order valence-corrected chi connectivity index (χ3v) is 16.6. The van der Waals surface area contributed by atoms with Crippen molar-refractivity contribution in [2.45, 2.75) is 62.2 Å². The number of carbonyl (C=O) groups is 2. The van der Waals surface area contributed by atoms with Crippen molar-refractivity contribution in [2.24, 2.45) is 0 Å². The van der Waals surface area contributed by atoms with Gasteiger partial charge in [-0.1, -0.05) is 77.1 Å². The number of amides is 2. The maximum atomic E-state index is 13.5. The Morgan fingerprint density at radius 2 is 1.07 bits per heavy atom. The number of benzene rings is 4. The summed E-state index contributed by atoms with van der Waals surface area (Å²) in [6, 6.07) is 20.6. The number of sulfone groups is 2. The van der Waals surface area contributed by atoms with E-state index in [1.807, 2.05) is 5.01 Å². The summed E-state index contributed by atoms with van der Waals surface area (Å²) in [5.74, 6) is -3.14. The predicted octanol–water partition coefficient (Wildman–Crippen LogP) is 9.35. The molecular formula is C50H45Cl4F2N7O7S2. The molecule has 5 heterocycles. The molecule has 2 atom stereocenters. The molecule has 0 bridgehead atoms. The van der Waals surface area contributed by atoms with E-state index >= 15 is 0 Å². The first-order valence-electron chi connectivity index (χ1n) is 22.8. The number of aliphatic hydroxyl groups excluding tert-OH is 1. The van der Waals surface area contributed by atoms with E-state index in [4.69, 9.17) is 46.4 Å². The SMILES string of the molecule is O=C(NN1CCCCC1)c1nn(-c2ccc(Cl)cc2Cl)c2c1CS(=O)(=O)C/C2=C\c1ccc(F)cc1.O=C(N[C@@H]1CCC[C@H]1O)c1nn(-c2ccc(Cl)cc2Cl)c2c1CS(=O)(=O)C/C2=C\c1ccc(F)cc1. The number of fused-ring (bicyclic) bond motifs is 2. The number of aromatic nitrogens is 4. The van der Waals surface area contributed by atoms with Crippen molar-refractivity contribution in [1.29, 1.82) is 0 Å². The highest BCUT2D eigenvalue weighted by Gasteiger charge is 2.38. The molecule has 1 saturated carbocycles. The number of piperidine rings is 1. The van der Waals surface area contributed by atoms with Crippen LogP contribution in [0.2, 0.25) is 20.1 Å². The Bertz CT molecular complexity index is 3400. The van der Waals surface area contributed by atoms with Gasteiger partial charge in [0.05, 0.1) is 68.0 Å². The van der Waals surface area contributed by atoms with E-state index in [2.05, 4.69) is 20.9 Å². The van der Waals surface area contributed by atoms with E-state index in [9.17, 15) is 40.3 Å². The number of rotatable bonds is 8. The van der Waals surface area contributed by atoms with Crippen LogP contribution >= 0.6 is 46.4 Å². The van der Waals surface area contributed by atoms with Crippen LogP contribution in [-0.2, 0) is 31.2 Å². The lowest BCUT2D eigenvalue weighted by atomic mass is 10.0. The fourth-order valence-corrected chi connectivity index (χ4v) is 13.3. The van der Waals surface area contributed by atoms with E-state index < -0.39 is 55.3 Å². The molecule has 22 heteroatoms. The number of carbonyl (C=O) groups excluding carboxylic acids is 2. The number of hydrazine groups is 1. The second-order valence-corrected chi connectivity index (χ2v) is 23.8. The van der Waals surface area contributed by atoms with Gasteiger partial charge in [0.2, 0.25) is 0 Å². The predicted molar refractivity (Wildman–Crippen MR) is 275 cm³/mol. The quantitative estimate of drug-likeness (QED) is 0.133. The number of nitrogens with one attached hydrogen (secondary N) is 2. The molecule has 2 fully saturated rings. The largest absolute Gasteiger partial charge is 0.391 e. The Morgan fingerprint density at radius 3 is 1.50 bits per heavy atom. The van der Waals surface area contributed by atoms with E-state index in [0.717, 1.165) is 25.7 Å². The Labute approximate surface area is 434 Å². The molecule has 3 aliphatic heterocycles. The van der Waals surface area contributed by atoms with Crippen molar-refractivity contribution >= 4 is 101 Å². The van der Waals surface area contributed by atoms with Gasteiger partial charge in [0.1, 0.15) is 11.6 Å². The van der Waals surface area contributed by atoms with Crippen LogP contribution in [0.15, 0.2) is 84.9 Å². The zero-order valence-corrected chi connectivity index (χ0v) is 42.8. The molecule has 14 nitrogen and oxygen atoms in total. The molecule has 4 aromatic carbocycles. The second-order valence-electron chi connectivity index (χ2n) is 17.9. The highest BCUT2D eigenvalue weighted by molar-refractivity contribution is 7.91. The molecule has 0 unspecified atom stereocenters. The summed E-state index contributed by atoms with van der Waals surface area (Å²) >= 11 is 25.1. The first-order valence-corrected chi connectivity index (χ1v) is 28.0. The van der Waals surface area contributed by atoms with Gasteiger partial charge in [0, 0.05) is 34.3 Å². The zero-order valence-electron chi connectivity index (χ0n) is 38.1. The van der Waals surface area contributed by atoms with E-state index in [-0.39, 0.29) is 45.0 Å². The van der Waals surface area contributed by atoms with Gasteiger partial charge in [-0.3, -0.25) is 15.0 Å². The monoisotopic (exact) mass is 1100 g/mol. The van der Waals surface area contributed by atoms with Gasteiger partial charge in [-0.15, -0.1) is 0 Å². The minimum Gasteiger partial charge on any atom is -0.391 e. The molecule has 1 saturated heterocycles. The number of nitrogens with zero attached hydrogens (tertiary/aromatic N) is 5. The van der Waals surface area contributed by atoms with Crippen molar-refractivity contribution in [1.82, 2.24) is 35.3 Å². The average molecular weight is 1100 g/mol. The average Bonchev–Trinajstić information content (AvgIpc) is 4.02. The maximum Gasteiger partial charge on any atom is 0.286 e. The Balaban J connectivity index is 0.000000178. The topological polar surface area (TPSA) is 186 Å². The molecule has 2 amide bonds. The number of hydrogen-bond donors (Lipinski definition) is 3. The number of aliphatic hydroxyl groups is 1. The van der Waals surface area contributed by atoms with Gasteiger partial charge in [-0.2, -0.15) is 10.2 Å². The van der Waals surface area contributed by atoms with Crippen LogP contribution in [0.1, 0.15) is 93.1 Å². The molecule has 2 aromatic heterocycles. The van der Waals surface area contributed by atoms with Gasteiger partial charge in [0.15, 0.2) is 31.1 Å². The lowest BCUT2D eigenvalue weighted by Gasteiger charge is -2.26. The molecule has 4 aliphatic rings. The van der Waals surface area contributed by atoms with Gasteiger partial charge in [0.25, 0.3) is 11.8 Å². The molecule has 1 aliphatic carbocycles. The van der Waals surface area contributed by atoms with Crippen molar-refractivity contribution in [3.05, 3.63) is 162 Å². The van der Waals surface area contributed by atoms with Gasteiger partial charge < -0.3 is 10.4 Å². The normalized spacial score (nSPS) is 20.3. The Hall–Kier alpha value is -5.44. The van der Waals surface area contributed by atoms with Crippen LogP contribution in [0.5, 0.6) is 0 Å². The third kappa shape index (κ3) is 11.5. The van der Waals surface area contributed by atoms with Gasteiger partial charge in [-0.05, 0) is 127 Å². The van der Waals surface area contributed by atoms with Crippen LogP contribution in [0.4, 0.5) is 8.78 Å². The zero-order chi connectivity index (χ0) is 51.1. The van der Waals surface area contributed by atoms with Gasteiger partial charge in [-0.25, -0.2) is 40.0 Å². The summed E-state index contributed by atoms with van der Waals surface area (Å²) in [5, 5.41) is 25.3. The first-order chi connectivity index (χ1) is 34.3. The molecule has 0 spiro atoms. The molecule has 0 radical (unpaired) electrons.